The number of halogens is 1. The molecule has 0 unspecified atom stereocenters. The highest BCUT2D eigenvalue weighted by atomic mass is 35.5. The average Bonchev–Trinajstić information content (AvgIpc) is 3.04. The second-order valence-corrected chi connectivity index (χ2v) is 11.9. The van der Waals surface area contributed by atoms with E-state index in [2.05, 4.69) is 102 Å². The lowest BCUT2D eigenvalue weighted by Crippen LogP contribution is -2.48. The highest BCUT2D eigenvalue weighted by Gasteiger charge is 2.29. The fraction of sp³-hybridized carbons (Fsp3) is 0.487. The maximum Gasteiger partial charge on any atom is 0.263 e. The Hall–Kier alpha value is -3.35. The first-order valence-corrected chi connectivity index (χ1v) is 17.3. The molecule has 254 valence electrons. The van der Waals surface area contributed by atoms with E-state index in [-0.39, 0.29) is 11.8 Å². The third kappa shape index (κ3) is 22.2. The SMILES string of the molecule is CCC=CCC=CCC=CCC=CCC=CCC=CCCC(=O)NCCCN(CC)CCNC(=O)C(C)(C)Oc1ccc(Cl)cc1. The number of carbonyl (C=O) groups excluding carboxylic acids is 2. The molecule has 0 aliphatic carbocycles. The van der Waals surface area contributed by atoms with Gasteiger partial charge in [-0.3, -0.25) is 9.59 Å². The van der Waals surface area contributed by atoms with Crippen molar-refractivity contribution in [2.24, 2.45) is 0 Å². The van der Waals surface area contributed by atoms with Crippen LogP contribution in [0.25, 0.3) is 0 Å². The molecular weight excluding hydrogens is 594 g/mol. The van der Waals surface area contributed by atoms with E-state index in [0.717, 1.165) is 71.0 Å². The molecule has 2 amide bonds. The minimum atomic E-state index is -1.00. The smallest absolute Gasteiger partial charge is 0.263 e. The van der Waals surface area contributed by atoms with Crippen molar-refractivity contribution in [1.82, 2.24) is 15.5 Å². The number of carbonyl (C=O) groups is 2. The molecule has 2 N–H and O–H groups in total. The Morgan fingerprint density at radius 3 is 1.78 bits per heavy atom. The van der Waals surface area contributed by atoms with Gasteiger partial charge in [-0.15, -0.1) is 0 Å². The molecule has 7 heteroatoms. The molecular formula is C39H58ClN3O3. The molecule has 0 atom stereocenters. The van der Waals surface area contributed by atoms with Crippen LogP contribution in [0.2, 0.25) is 5.02 Å². The lowest BCUT2D eigenvalue weighted by atomic mass is 10.1. The first-order chi connectivity index (χ1) is 22.3. The van der Waals surface area contributed by atoms with Crippen LogP contribution >= 0.6 is 11.6 Å². The van der Waals surface area contributed by atoms with E-state index in [1.165, 1.54) is 0 Å². The molecule has 0 spiro atoms. The van der Waals surface area contributed by atoms with Crippen molar-refractivity contribution in [2.45, 2.75) is 91.1 Å². The summed E-state index contributed by atoms with van der Waals surface area (Å²) < 4.78 is 5.86. The number of hydrogen-bond donors (Lipinski definition) is 2. The fourth-order valence-corrected chi connectivity index (χ4v) is 4.41. The van der Waals surface area contributed by atoms with Crippen LogP contribution in [0.4, 0.5) is 0 Å². The molecule has 0 radical (unpaired) electrons. The number of likely N-dealkylation sites (N-methyl/N-ethyl adjacent to an activating group) is 1. The van der Waals surface area contributed by atoms with Gasteiger partial charge in [-0.25, -0.2) is 0 Å². The van der Waals surface area contributed by atoms with Gasteiger partial charge in [0.25, 0.3) is 5.91 Å². The van der Waals surface area contributed by atoms with Gasteiger partial charge >= 0.3 is 0 Å². The quantitative estimate of drug-likeness (QED) is 0.0818. The van der Waals surface area contributed by atoms with Crippen LogP contribution in [0.15, 0.2) is 97.2 Å². The summed E-state index contributed by atoms with van der Waals surface area (Å²) in [6, 6.07) is 6.97. The lowest BCUT2D eigenvalue weighted by molar-refractivity contribution is -0.134. The van der Waals surface area contributed by atoms with E-state index in [0.29, 0.717) is 30.3 Å². The van der Waals surface area contributed by atoms with Gasteiger partial charge in [0.15, 0.2) is 5.60 Å². The van der Waals surface area contributed by atoms with Crippen LogP contribution in [-0.4, -0.2) is 55.0 Å². The summed E-state index contributed by atoms with van der Waals surface area (Å²) in [5.74, 6) is 0.509. The van der Waals surface area contributed by atoms with Crippen molar-refractivity contribution in [3.8, 4) is 5.75 Å². The minimum Gasteiger partial charge on any atom is -0.478 e. The number of rotatable bonds is 25. The Kier molecular flexibility index (Phi) is 23.7. The fourth-order valence-electron chi connectivity index (χ4n) is 4.28. The molecule has 0 bridgehead atoms. The van der Waals surface area contributed by atoms with Crippen molar-refractivity contribution in [2.75, 3.05) is 32.7 Å². The van der Waals surface area contributed by atoms with E-state index in [4.69, 9.17) is 16.3 Å². The second kappa shape index (κ2) is 26.8. The van der Waals surface area contributed by atoms with Gasteiger partial charge in [-0.1, -0.05) is 98.4 Å². The zero-order chi connectivity index (χ0) is 33.7. The van der Waals surface area contributed by atoms with E-state index in [9.17, 15) is 9.59 Å². The Labute approximate surface area is 284 Å². The van der Waals surface area contributed by atoms with Crippen LogP contribution in [0.3, 0.4) is 0 Å². The highest BCUT2D eigenvalue weighted by Crippen LogP contribution is 2.21. The Morgan fingerprint density at radius 2 is 1.26 bits per heavy atom. The summed E-state index contributed by atoms with van der Waals surface area (Å²) in [6.07, 6.45) is 34.2. The molecule has 1 aromatic carbocycles. The Morgan fingerprint density at radius 1 is 0.739 bits per heavy atom. The molecule has 0 saturated carbocycles. The number of allylic oxidation sites excluding steroid dienone is 12. The highest BCUT2D eigenvalue weighted by molar-refractivity contribution is 6.30. The number of ether oxygens (including phenoxy) is 1. The first-order valence-electron chi connectivity index (χ1n) is 16.9. The monoisotopic (exact) mass is 651 g/mol. The molecule has 46 heavy (non-hydrogen) atoms. The molecule has 1 rings (SSSR count). The first kappa shape index (κ1) is 40.7. The van der Waals surface area contributed by atoms with Crippen LogP contribution in [0.1, 0.15) is 85.5 Å². The zero-order valence-corrected chi connectivity index (χ0v) is 29.4. The van der Waals surface area contributed by atoms with Crippen molar-refractivity contribution < 1.29 is 14.3 Å². The van der Waals surface area contributed by atoms with E-state index < -0.39 is 5.60 Å². The average molecular weight is 652 g/mol. The third-order valence-electron chi connectivity index (χ3n) is 7.00. The Bertz CT molecular complexity index is 1130. The Balaban J connectivity index is 2.07. The minimum absolute atomic E-state index is 0.0813. The number of nitrogens with one attached hydrogen (secondary N) is 2. The van der Waals surface area contributed by atoms with Crippen molar-refractivity contribution in [1.29, 1.82) is 0 Å². The summed E-state index contributed by atoms with van der Waals surface area (Å²) in [7, 11) is 0. The molecule has 0 aliphatic heterocycles. The largest absolute Gasteiger partial charge is 0.478 e. The van der Waals surface area contributed by atoms with E-state index >= 15 is 0 Å². The van der Waals surface area contributed by atoms with Crippen molar-refractivity contribution in [3.63, 3.8) is 0 Å². The standard InChI is InChI=1S/C39H58ClN3O3/c1-5-7-8-9-10-11-12-13-14-15-16-17-18-19-20-21-22-23-24-26-37(44)41-31-25-33-43(6-2)34-32-42-38(45)39(3,4)46-36-29-27-35(40)28-30-36/h7-8,10-11,13-14,16-17,19-20,22-23,27-30H,5-6,9,12,15,18,21,24-26,31-34H2,1-4H3,(H,41,44)(H,42,45). The molecule has 0 heterocycles. The maximum atomic E-state index is 12.7. The van der Waals surface area contributed by atoms with E-state index in [1.54, 1.807) is 38.1 Å². The predicted molar refractivity (Wildman–Crippen MR) is 196 cm³/mol. The van der Waals surface area contributed by atoms with Gasteiger partial charge in [-0.05, 0) is 103 Å². The van der Waals surface area contributed by atoms with Crippen molar-refractivity contribution >= 4 is 23.4 Å². The van der Waals surface area contributed by atoms with Crippen LogP contribution < -0.4 is 15.4 Å². The number of benzene rings is 1. The number of amides is 2. The van der Waals surface area contributed by atoms with Gasteiger partial charge in [0.2, 0.25) is 5.91 Å². The number of nitrogens with zero attached hydrogens (tertiary/aromatic N) is 1. The van der Waals surface area contributed by atoms with Crippen LogP contribution in [0, 0.1) is 0 Å². The maximum absolute atomic E-state index is 12.7. The molecule has 0 aliphatic rings. The summed E-state index contributed by atoms with van der Waals surface area (Å²) in [6.45, 7) is 11.4. The summed E-state index contributed by atoms with van der Waals surface area (Å²) in [5.41, 5.74) is -1.00. The predicted octanol–water partition coefficient (Wildman–Crippen LogP) is 8.92. The van der Waals surface area contributed by atoms with Gasteiger partial charge in [0.05, 0.1) is 0 Å². The van der Waals surface area contributed by atoms with Gasteiger partial charge < -0.3 is 20.3 Å². The van der Waals surface area contributed by atoms with Gasteiger partial charge in [0.1, 0.15) is 5.75 Å². The normalized spacial score (nSPS) is 12.7. The molecule has 6 nitrogen and oxygen atoms in total. The van der Waals surface area contributed by atoms with Crippen molar-refractivity contribution in [3.05, 3.63) is 102 Å². The van der Waals surface area contributed by atoms with E-state index in [1.807, 2.05) is 0 Å². The van der Waals surface area contributed by atoms with Gasteiger partial charge in [-0.2, -0.15) is 0 Å². The summed E-state index contributed by atoms with van der Waals surface area (Å²) in [5, 5.41) is 6.61. The molecule has 0 saturated heterocycles. The zero-order valence-electron chi connectivity index (χ0n) is 28.7. The van der Waals surface area contributed by atoms with Crippen LogP contribution in [-0.2, 0) is 9.59 Å². The molecule has 1 aromatic rings. The topological polar surface area (TPSA) is 70.7 Å². The summed E-state index contributed by atoms with van der Waals surface area (Å²) in [4.78, 5) is 27.1. The second-order valence-electron chi connectivity index (χ2n) is 11.4. The van der Waals surface area contributed by atoms with Gasteiger partial charge in [0, 0.05) is 31.1 Å². The lowest BCUT2D eigenvalue weighted by Gasteiger charge is -2.26. The van der Waals surface area contributed by atoms with Crippen LogP contribution in [0.5, 0.6) is 5.75 Å². The number of hydrogen-bond acceptors (Lipinski definition) is 4. The molecule has 0 aromatic heterocycles. The molecule has 0 fully saturated rings. The third-order valence-corrected chi connectivity index (χ3v) is 7.25. The summed E-state index contributed by atoms with van der Waals surface area (Å²) >= 11 is 5.92.